The maximum absolute atomic E-state index is 4.53. The van der Waals surface area contributed by atoms with Crippen molar-refractivity contribution in [1.29, 1.82) is 0 Å². The number of nitrogens with zero attached hydrogens (tertiary/aromatic N) is 2. The molecule has 0 unspecified atom stereocenters. The average molecular weight is 238 g/mol. The van der Waals surface area contributed by atoms with Crippen molar-refractivity contribution in [1.82, 2.24) is 9.55 Å². The summed E-state index contributed by atoms with van der Waals surface area (Å²) in [5.74, 6) is 0. The van der Waals surface area contributed by atoms with E-state index in [1.54, 1.807) is 0 Å². The molecule has 18 heavy (non-hydrogen) atoms. The Morgan fingerprint density at radius 2 is 2.00 bits per heavy atom. The van der Waals surface area contributed by atoms with Crippen molar-refractivity contribution in [2.24, 2.45) is 0 Å². The number of aromatic nitrogens is 2. The SMILES string of the molecule is CCCc1ccc2c3ncccc3n(CC)c2c1. The maximum Gasteiger partial charge on any atom is 0.0959 e. The quantitative estimate of drug-likeness (QED) is 0.670. The molecule has 0 aliphatic carbocycles. The Hall–Kier alpha value is -1.83. The van der Waals surface area contributed by atoms with E-state index >= 15 is 0 Å². The van der Waals surface area contributed by atoms with E-state index in [0.717, 1.165) is 18.5 Å². The molecule has 0 saturated carbocycles. The van der Waals surface area contributed by atoms with Crippen LogP contribution in [0.1, 0.15) is 25.8 Å². The minimum atomic E-state index is 0.987. The van der Waals surface area contributed by atoms with Gasteiger partial charge in [0.15, 0.2) is 0 Å². The lowest BCUT2D eigenvalue weighted by Gasteiger charge is -2.04. The van der Waals surface area contributed by atoms with Crippen molar-refractivity contribution in [3.63, 3.8) is 0 Å². The molecule has 0 aliphatic heterocycles. The maximum atomic E-state index is 4.53. The van der Waals surface area contributed by atoms with Crippen LogP contribution in [0.15, 0.2) is 36.5 Å². The predicted molar refractivity (Wildman–Crippen MR) is 76.9 cm³/mol. The third-order valence-corrected chi connectivity index (χ3v) is 3.54. The molecule has 0 atom stereocenters. The van der Waals surface area contributed by atoms with Gasteiger partial charge in [-0.1, -0.05) is 25.5 Å². The standard InChI is InChI=1S/C16H18N2/c1-3-6-12-8-9-13-15(11-12)18(4-2)14-7-5-10-17-16(13)14/h5,7-11H,3-4,6H2,1-2H3. The molecule has 0 N–H and O–H groups in total. The van der Waals surface area contributed by atoms with Crippen LogP contribution in [-0.4, -0.2) is 9.55 Å². The molecule has 0 fully saturated rings. The first-order chi connectivity index (χ1) is 8.85. The molecule has 0 aliphatic rings. The average Bonchev–Trinajstić information content (AvgIpc) is 2.72. The number of aryl methyl sites for hydroxylation is 2. The second-order valence-electron chi connectivity index (χ2n) is 4.72. The number of fused-ring (bicyclic) bond motifs is 3. The molecule has 2 nitrogen and oxygen atoms in total. The highest BCUT2D eigenvalue weighted by Crippen LogP contribution is 2.28. The Morgan fingerprint density at radius 3 is 2.78 bits per heavy atom. The van der Waals surface area contributed by atoms with E-state index in [4.69, 9.17) is 0 Å². The number of pyridine rings is 1. The summed E-state index contributed by atoms with van der Waals surface area (Å²) in [7, 11) is 0. The van der Waals surface area contributed by atoms with Crippen LogP contribution in [0.4, 0.5) is 0 Å². The van der Waals surface area contributed by atoms with Gasteiger partial charge in [-0.25, -0.2) is 0 Å². The van der Waals surface area contributed by atoms with E-state index in [9.17, 15) is 0 Å². The van der Waals surface area contributed by atoms with Crippen molar-refractivity contribution in [2.75, 3.05) is 0 Å². The topological polar surface area (TPSA) is 17.8 Å². The zero-order valence-corrected chi connectivity index (χ0v) is 11.0. The second kappa shape index (κ2) is 4.45. The van der Waals surface area contributed by atoms with Gasteiger partial charge in [0.25, 0.3) is 0 Å². The molecule has 2 heterocycles. The Kier molecular flexibility index (Phi) is 2.78. The van der Waals surface area contributed by atoms with Gasteiger partial charge in [-0.05, 0) is 37.1 Å². The minimum Gasteiger partial charge on any atom is -0.339 e. The fourth-order valence-corrected chi connectivity index (χ4v) is 2.74. The van der Waals surface area contributed by atoms with E-state index in [1.807, 2.05) is 12.3 Å². The van der Waals surface area contributed by atoms with E-state index in [0.29, 0.717) is 0 Å². The summed E-state index contributed by atoms with van der Waals surface area (Å²) in [4.78, 5) is 4.53. The molecule has 2 aromatic heterocycles. The first-order valence-corrected chi connectivity index (χ1v) is 6.71. The van der Waals surface area contributed by atoms with Crippen LogP contribution in [0, 0.1) is 0 Å². The number of benzene rings is 1. The summed E-state index contributed by atoms with van der Waals surface area (Å²) in [6.45, 7) is 5.40. The van der Waals surface area contributed by atoms with E-state index in [2.05, 4.69) is 47.7 Å². The fraction of sp³-hybridized carbons (Fsp3) is 0.312. The highest BCUT2D eigenvalue weighted by molar-refractivity contribution is 6.05. The van der Waals surface area contributed by atoms with Crippen molar-refractivity contribution < 1.29 is 0 Å². The minimum absolute atomic E-state index is 0.987. The molecule has 3 aromatic rings. The summed E-state index contributed by atoms with van der Waals surface area (Å²) in [5.41, 5.74) is 5.10. The summed E-state index contributed by atoms with van der Waals surface area (Å²) in [6, 6.07) is 11.0. The molecule has 0 saturated heterocycles. The van der Waals surface area contributed by atoms with Crippen LogP contribution in [0.2, 0.25) is 0 Å². The molecule has 1 aromatic carbocycles. The van der Waals surface area contributed by atoms with Gasteiger partial charge in [0.2, 0.25) is 0 Å². The van der Waals surface area contributed by atoms with Gasteiger partial charge in [-0.2, -0.15) is 0 Å². The Balaban J connectivity index is 2.37. The van der Waals surface area contributed by atoms with Gasteiger partial charge in [-0.15, -0.1) is 0 Å². The monoisotopic (exact) mass is 238 g/mol. The van der Waals surface area contributed by atoms with Gasteiger partial charge in [0.1, 0.15) is 0 Å². The van der Waals surface area contributed by atoms with Crippen molar-refractivity contribution in [3.05, 3.63) is 42.1 Å². The lowest BCUT2D eigenvalue weighted by Crippen LogP contribution is -1.93. The van der Waals surface area contributed by atoms with Crippen LogP contribution in [-0.2, 0) is 13.0 Å². The van der Waals surface area contributed by atoms with Gasteiger partial charge in [0, 0.05) is 18.1 Å². The fourth-order valence-electron chi connectivity index (χ4n) is 2.74. The Labute approximate surface area is 107 Å². The normalized spacial score (nSPS) is 11.4. The third-order valence-electron chi connectivity index (χ3n) is 3.54. The molecule has 92 valence electrons. The molecule has 0 amide bonds. The highest BCUT2D eigenvalue weighted by Gasteiger charge is 2.10. The zero-order chi connectivity index (χ0) is 12.5. The number of hydrogen-bond acceptors (Lipinski definition) is 1. The summed E-state index contributed by atoms with van der Waals surface area (Å²) >= 11 is 0. The number of hydrogen-bond donors (Lipinski definition) is 0. The van der Waals surface area contributed by atoms with Crippen molar-refractivity contribution in [2.45, 2.75) is 33.2 Å². The van der Waals surface area contributed by atoms with Crippen LogP contribution < -0.4 is 0 Å². The smallest absolute Gasteiger partial charge is 0.0959 e. The molecule has 0 radical (unpaired) electrons. The van der Waals surface area contributed by atoms with Crippen molar-refractivity contribution >= 4 is 21.9 Å². The van der Waals surface area contributed by atoms with E-state index in [1.165, 1.54) is 28.4 Å². The first kappa shape index (κ1) is 11.3. The van der Waals surface area contributed by atoms with Crippen molar-refractivity contribution in [3.8, 4) is 0 Å². The highest BCUT2D eigenvalue weighted by atomic mass is 15.0. The summed E-state index contributed by atoms with van der Waals surface area (Å²) in [6.07, 6.45) is 4.21. The number of rotatable bonds is 3. The Morgan fingerprint density at radius 1 is 1.11 bits per heavy atom. The van der Waals surface area contributed by atoms with Crippen LogP contribution >= 0.6 is 0 Å². The lowest BCUT2D eigenvalue weighted by atomic mass is 10.1. The van der Waals surface area contributed by atoms with Crippen LogP contribution in [0.5, 0.6) is 0 Å². The lowest BCUT2D eigenvalue weighted by molar-refractivity contribution is 0.824. The van der Waals surface area contributed by atoms with E-state index < -0.39 is 0 Å². The predicted octanol–water partition coefficient (Wildman–Crippen LogP) is 4.16. The molecule has 0 bridgehead atoms. The molecule has 3 rings (SSSR count). The first-order valence-electron chi connectivity index (χ1n) is 6.71. The molecular formula is C16H18N2. The van der Waals surface area contributed by atoms with E-state index in [-0.39, 0.29) is 0 Å². The Bertz CT molecular complexity index is 695. The van der Waals surface area contributed by atoms with Gasteiger partial charge in [-0.3, -0.25) is 4.98 Å². The van der Waals surface area contributed by atoms with Crippen LogP contribution in [0.25, 0.3) is 21.9 Å². The van der Waals surface area contributed by atoms with Crippen LogP contribution in [0.3, 0.4) is 0 Å². The summed E-state index contributed by atoms with van der Waals surface area (Å²) in [5, 5.41) is 1.27. The van der Waals surface area contributed by atoms with Gasteiger partial charge < -0.3 is 4.57 Å². The molecular weight excluding hydrogens is 220 g/mol. The van der Waals surface area contributed by atoms with Gasteiger partial charge in [0.05, 0.1) is 16.6 Å². The largest absolute Gasteiger partial charge is 0.339 e. The summed E-state index contributed by atoms with van der Waals surface area (Å²) < 4.78 is 2.36. The molecule has 2 heteroatoms. The molecule has 0 spiro atoms. The second-order valence-corrected chi connectivity index (χ2v) is 4.72. The zero-order valence-electron chi connectivity index (χ0n) is 11.0. The van der Waals surface area contributed by atoms with Gasteiger partial charge >= 0.3 is 0 Å². The third kappa shape index (κ3) is 1.60.